The predicted octanol–water partition coefficient (Wildman–Crippen LogP) is 3.84. The smallest absolute Gasteiger partial charge is 0.273 e. The zero-order valence-corrected chi connectivity index (χ0v) is 13.3. The van der Waals surface area contributed by atoms with Crippen molar-refractivity contribution in [1.82, 2.24) is 9.88 Å². The first-order valence-corrected chi connectivity index (χ1v) is 7.64. The Hall–Kier alpha value is -1.90. The van der Waals surface area contributed by atoms with E-state index in [0.717, 1.165) is 10.6 Å². The number of halogens is 1. The summed E-state index contributed by atoms with van der Waals surface area (Å²) in [6.45, 7) is 1.84. The standard InChI is InChI=1S/C15H14ClN3OS/c1-10(6-7-17)19(2)15(20)13-9-21-14(18-13)11-4-3-5-12(16)8-11/h3-5,8-10H,6H2,1-2H3/t10-/m0/s1. The average Bonchev–Trinajstić information content (AvgIpc) is 2.95. The van der Waals surface area contributed by atoms with Crippen molar-refractivity contribution in [3.8, 4) is 16.6 Å². The SMILES string of the molecule is C[C@@H](CC#N)N(C)C(=O)c1csc(-c2cccc(Cl)c2)n1. The number of benzene rings is 1. The average molecular weight is 320 g/mol. The molecular weight excluding hydrogens is 306 g/mol. The van der Waals surface area contributed by atoms with Crippen LogP contribution in [0.1, 0.15) is 23.8 Å². The molecule has 4 nitrogen and oxygen atoms in total. The summed E-state index contributed by atoms with van der Waals surface area (Å²) in [5, 5.41) is 11.8. The van der Waals surface area contributed by atoms with Gasteiger partial charge in [0.15, 0.2) is 0 Å². The van der Waals surface area contributed by atoms with Crippen molar-refractivity contribution in [2.75, 3.05) is 7.05 Å². The lowest BCUT2D eigenvalue weighted by atomic mass is 10.2. The van der Waals surface area contributed by atoms with Crippen molar-refractivity contribution < 1.29 is 4.79 Å². The third-order valence-electron chi connectivity index (χ3n) is 3.16. The highest BCUT2D eigenvalue weighted by Crippen LogP contribution is 2.26. The minimum atomic E-state index is -0.178. The number of thiazole rings is 1. The first-order valence-electron chi connectivity index (χ1n) is 6.38. The van der Waals surface area contributed by atoms with Gasteiger partial charge in [0, 0.05) is 29.1 Å². The number of carbonyl (C=O) groups excluding carboxylic acids is 1. The van der Waals surface area contributed by atoms with Crippen molar-refractivity contribution in [2.45, 2.75) is 19.4 Å². The van der Waals surface area contributed by atoms with Gasteiger partial charge in [-0.05, 0) is 19.1 Å². The molecule has 0 saturated heterocycles. The molecule has 0 radical (unpaired) electrons. The molecular formula is C15H14ClN3OS. The Balaban J connectivity index is 2.20. The monoisotopic (exact) mass is 319 g/mol. The molecule has 2 aromatic rings. The first-order chi connectivity index (χ1) is 10.0. The molecule has 0 saturated carbocycles. The Kier molecular flexibility index (Phi) is 4.94. The van der Waals surface area contributed by atoms with Crippen LogP contribution in [0, 0.1) is 11.3 Å². The topological polar surface area (TPSA) is 57.0 Å². The molecule has 1 heterocycles. The summed E-state index contributed by atoms with van der Waals surface area (Å²) in [5.41, 5.74) is 1.28. The molecule has 0 N–H and O–H groups in total. The minimum absolute atomic E-state index is 0.140. The lowest BCUT2D eigenvalue weighted by Crippen LogP contribution is -2.35. The van der Waals surface area contributed by atoms with E-state index in [9.17, 15) is 4.79 Å². The highest BCUT2D eigenvalue weighted by Gasteiger charge is 2.20. The van der Waals surface area contributed by atoms with E-state index >= 15 is 0 Å². The summed E-state index contributed by atoms with van der Waals surface area (Å²) in [6.07, 6.45) is 0.299. The van der Waals surface area contributed by atoms with Gasteiger partial charge >= 0.3 is 0 Å². The summed E-state index contributed by atoms with van der Waals surface area (Å²) in [5.74, 6) is -0.178. The maximum Gasteiger partial charge on any atom is 0.273 e. The Bertz CT molecular complexity index is 692. The van der Waals surface area contributed by atoms with Crippen LogP contribution in [0.15, 0.2) is 29.6 Å². The summed E-state index contributed by atoms with van der Waals surface area (Å²) in [6, 6.07) is 9.29. The maximum atomic E-state index is 12.3. The second kappa shape index (κ2) is 6.70. The normalized spacial score (nSPS) is 11.7. The lowest BCUT2D eigenvalue weighted by Gasteiger charge is -2.21. The number of carbonyl (C=O) groups is 1. The molecule has 0 bridgehead atoms. The highest BCUT2D eigenvalue weighted by molar-refractivity contribution is 7.13. The summed E-state index contributed by atoms with van der Waals surface area (Å²) >= 11 is 7.36. The van der Waals surface area contributed by atoms with Crippen molar-refractivity contribution in [3.05, 3.63) is 40.4 Å². The molecule has 0 spiro atoms. The lowest BCUT2D eigenvalue weighted by molar-refractivity contribution is 0.0741. The summed E-state index contributed by atoms with van der Waals surface area (Å²) < 4.78 is 0. The van der Waals surface area contributed by atoms with E-state index in [1.807, 2.05) is 25.1 Å². The van der Waals surface area contributed by atoms with Gasteiger partial charge in [-0.2, -0.15) is 5.26 Å². The zero-order chi connectivity index (χ0) is 15.4. The van der Waals surface area contributed by atoms with Crippen LogP contribution in [0.3, 0.4) is 0 Å². The van der Waals surface area contributed by atoms with Gasteiger partial charge in [-0.15, -0.1) is 11.3 Å². The van der Waals surface area contributed by atoms with Crippen LogP contribution in [0.5, 0.6) is 0 Å². The fourth-order valence-corrected chi connectivity index (χ4v) is 2.76. The molecule has 0 aliphatic carbocycles. The number of nitriles is 1. The molecule has 0 aliphatic heterocycles. The van der Waals surface area contributed by atoms with E-state index in [2.05, 4.69) is 11.1 Å². The number of rotatable bonds is 4. The van der Waals surface area contributed by atoms with Crippen molar-refractivity contribution >= 4 is 28.8 Å². The fourth-order valence-electron chi connectivity index (χ4n) is 1.78. The second-order valence-corrected chi connectivity index (χ2v) is 5.97. The fraction of sp³-hybridized carbons (Fsp3) is 0.267. The van der Waals surface area contributed by atoms with Gasteiger partial charge in [0.25, 0.3) is 5.91 Å². The minimum Gasteiger partial charge on any atom is -0.337 e. The van der Waals surface area contributed by atoms with Crippen molar-refractivity contribution in [2.24, 2.45) is 0 Å². The van der Waals surface area contributed by atoms with Gasteiger partial charge in [0.05, 0.1) is 12.5 Å². The van der Waals surface area contributed by atoms with E-state index in [4.69, 9.17) is 16.9 Å². The van der Waals surface area contributed by atoms with E-state index in [0.29, 0.717) is 17.1 Å². The third-order valence-corrected chi connectivity index (χ3v) is 4.29. The molecule has 21 heavy (non-hydrogen) atoms. The molecule has 0 unspecified atom stereocenters. The molecule has 0 aliphatic rings. The number of aromatic nitrogens is 1. The van der Waals surface area contributed by atoms with E-state index in [-0.39, 0.29) is 11.9 Å². The summed E-state index contributed by atoms with van der Waals surface area (Å²) in [7, 11) is 1.68. The van der Waals surface area contributed by atoms with Crippen molar-refractivity contribution in [1.29, 1.82) is 5.26 Å². The molecule has 1 amide bonds. The van der Waals surface area contributed by atoms with Gasteiger partial charge in [-0.1, -0.05) is 23.7 Å². The molecule has 1 aromatic heterocycles. The van der Waals surface area contributed by atoms with Crippen LogP contribution >= 0.6 is 22.9 Å². The third kappa shape index (κ3) is 3.60. The quantitative estimate of drug-likeness (QED) is 0.860. The van der Waals surface area contributed by atoms with Crippen molar-refractivity contribution in [3.63, 3.8) is 0 Å². The van der Waals surface area contributed by atoms with Gasteiger partial charge < -0.3 is 4.90 Å². The largest absolute Gasteiger partial charge is 0.337 e. The Morgan fingerprint density at radius 3 is 3.00 bits per heavy atom. The number of hydrogen-bond acceptors (Lipinski definition) is 4. The molecule has 1 aromatic carbocycles. The second-order valence-electron chi connectivity index (χ2n) is 4.68. The highest BCUT2D eigenvalue weighted by atomic mass is 35.5. The van der Waals surface area contributed by atoms with Crippen LogP contribution in [0.4, 0.5) is 0 Å². The Morgan fingerprint density at radius 1 is 1.57 bits per heavy atom. The van der Waals surface area contributed by atoms with Gasteiger partial charge in [0.2, 0.25) is 0 Å². The van der Waals surface area contributed by atoms with Crippen LogP contribution in [0.25, 0.3) is 10.6 Å². The molecule has 0 fully saturated rings. The Labute approximate surface area is 132 Å². The van der Waals surface area contributed by atoms with Gasteiger partial charge in [0.1, 0.15) is 10.7 Å². The molecule has 108 valence electrons. The van der Waals surface area contributed by atoms with Crippen LogP contribution in [-0.4, -0.2) is 28.9 Å². The Morgan fingerprint density at radius 2 is 2.33 bits per heavy atom. The first kappa shape index (κ1) is 15.5. The van der Waals surface area contributed by atoms with Crippen LogP contribution < -0.4 is 0 Å². The van der Waals surface area contributed by atoms with E-state index in [1.165, 1.54) is 11.3 Å². The van der Waals surface area contributed by atoms with Crippen LogP contribution in [0.2, 0.25) is 5.02 Å². The van der Waals surface area contributed by atoms with E-state index < -0.39 is 0 Å². The number of amides is 1. The molecule has 1 atom stereocenters. The number of hydrogen-bond donors (Lipinski definition) is 0. The maximum absolute atomic E-state index is 12.3. The van der Waals surface area contributed by atoms with Gasteiger partial charge in [-0.25, -0.2) is 4.98 Å². The zero-order valence-electron chi connectivity index (χ0n) is 11.7. The van der Waals surface area contributed by atoms with Crippen LogP contribution in [-0.2, 0) is 0 Å². The predicted molar refractivity (Wildman–Crippen MR) is 84.3 cm³/mol. The summed E-state index contributed by atoms with van der Waals surface area (Å²) in [4.78, 5) is 18.2. The molecule has 6 heteroatoms. The van der Waals surface area contributed by atoms with Gasteiger partial charge in [-0.3, -0.25) is 4.79 Å². The number of nitrogens with zero attached hydrogens (tertiary/aromatic N) is 3. The van der Waals surface area contributed by atoms with E-state index in [1.54, 1.807) is 23.4 Å². The molecule has 2 rings (SSSR count).